The molecular formula is C22H14F2N4. The summed E-state index contributed by atoms with van der Waals surface area (Å²) in [5, 5.41) is 12.6. The van der Waals surface area contributed by atoms with E-state index in [4.69, 9.17) is 5.26 Å². The van der Waals surface area contributed by atoms with E-state index in [0.717, 1.165) is 22.9 Å². The molecule has 0 spiro atoms. The van der Waals surface area contributed by atoms with Crippen molar-refractivity contribution in [3.05, 3.63) is 83.8 Å². The van der Waals surface area contributed by atoms with Crippen LogP contribution < -0.4 is 5.32 Å². The van der Waals surface area contributed by atoms with Crippen LogP contribution >= 0.6 is 0 Å². The lowest BCUT2D eigenvalue weighted by Gasteiger charge is -2.12. The number of rotatable bonds is 3. The van der Waals surface area contributed by atoms with Crippen molar-refractivity contribution in [1.82, 2.24) is 9.97 Å². The molecule has 0 amide bonds. The van der Waals surface area contributed by atoms with Crippen LogP contribution in [0.2, 0.25) is 0 Å². The van der Waals surface area contributed by atoms with E-state index in [1.165, 1.54) is 6.07 Å². The molecule has 0 bridgehead atoms. The Kier molecular flexibility index (Phi) is 4.42. The van der Waals surface area contributed by atoms with Gasteiger partial charge in [0.25, 0.3) is 0 Å². The molecule has 0 aliphatic heterocycles. The Bertz CT molecular complexity index is 1210. The number of hydrogen-bond acceptors (Lipinski definition) is 4. The van der Waals surface area contributed by atoms with Gasteiger partial charge in [-0.05, 0) is 55.0 Å². The molecule has 0 aliphatic carbocycles. The minimum Gasteiger partial charge on any atom is -0.355 e. The number of benzene rings is 2. The number of hydrogen-bond donors (Lipinski definition) is 1. The molecule has 1 N–H and O–H groups in total. The summed E-state index contributed by atoms with van der Waals surface area (Å²) in [6.45, 7) is 1.73. The fourth-order valence-corrected chi connectivity index (χ4v) is 3.00. The van der Waals surface area contributed by atoms with Crippen LogP contribution in [-0.2, 0) is 0 Å². The minimum absolute atomic E-state index is 0.00257. The SMILES string of the molecule is Cc1cc(Nc2ccc(-c3ccc(C#N)nc3)cc2)c2ccc(F)c(F)c2n1. The molecule has 0 unspecified atom stereocenters. The van der Waals surface area contributed by atoms with Crippen molar-refractivity contribution in [2.75, 3.05) is 5.32 Å². The normalized spacial score (nSPS) is 10.6. The van der Waals surface area contributed by atoms with E-state index < -0.39 is 11.6 Å². The maximum Gasteiger partial charge on any atom is 0.185 e. The van der Waals surface area contributed by atoms with E-state index in [0.29, 0.717) is 22.5 Å². The van der Waals surface area contributed by atoms with E-state index in [9.17, 15) is 8.78 Å². The molecule has 4 aromatic rings. The van der Waals surface area contributed by atoms with Gasteiger partial charge in [-0.2, -0.15) is 5.26 Å². The molecule has 2 aromatic heterocycles. The smallest absolute Gasteiger partial charge is 0.185 e. The zero-order valence-corrected chi connectivity index (χ0v) is 14.9. The van der Waals surface area contributed by atoms with E-state index in [-0.39, 0.29) is 5.52 Å². The fraction of sp³-hybridized carbons (Fsp3) is 0.0455. The Balaban J connectivity index is 1.66. The Morgan fingerprint density at radius 1 is 0.964 bits per heavy atom. The lowest BCUT2D eigenvalue weighted by molar-refractivity contribution is 0.515. The van der Waals surface area contributed by atoms with Crippen LogP contribution in [0.5, 0.6) is 0 Å². The van der Waals surface area contributed by atoms with E-state index in [2.05, 4.69) is 15.3 Å². The summed E-state index contributed by atoms with van der Waals surface area (Å²) in [4.78, 5) is 8.19. The molecule has 4 rings (SSSR count). The first-order valence-electron chi connectivity index (χ1n) is 8.54. The van der Waals surface area contributed by atoms with Gasteiger partial charge in [-0.1, -0.05) is 12.1 Å². The third kappa shape index (κ3) is 3.26. The molecule has 0 saturated carbocycles. The van der Waals surface area contributed by atoms with Gasteiger partial charge in [-0.25, -0.2) is 18.7 Å². The van der Waals surface area contributed by atoms with Crippen molar-refractivity contribution in [3.63, 3.8) is 0 Å². The number of fused-ring (bicyclic) bond motifs is 1. The second kappa shape index (κ2) is 7.05. The van der Waals surface area contributed by atoms with Gasteiger partial charge in [0, 0.05) is 34.2 Å². The molecule has 4 nitrogen and oxygen atoms in total. The van der Waals surface area contributed by atoms with Crippen molar-refractivity contribution >= 4 is 22.3 Å². The second-order valence-electron chi connectivity index (χ2n) is 6.32. The number of nitrogens with one attached hydrogen (secondary N) is 1. The Morgan fingerprint density at radius 3 is 2.39 bits per heavy atom. The van der Waals surface area contributed by atoms with Crippen molar-refractivity contribution < 1.29 is 8.78 Å². The summed E-state index contributed by atoms with van der Waals surface area (Å²) in [6.07, 6.45) is 1.65. The maximum atomic E-state index is 14.1. The highest BCUT2D eigenvalue weighted by Crippen LogP contribution is 2.30. The summed E-state index contributed by atoms with van der Waals surface area (Å²) in [5.41, 5.74) is 4.24. The van der Waals surface area contributed by atoms with E-state index in [1.807, 2.05) is 36.4 Å². The zero-order chi connectivity index (χ0) is 19.7. The van der Waals surface area contributed by atoms with Gasteiger partial charge < -0.3 is 5.32 Å². The summed E-state index contributed by atoms with van der Waals surface area (Å²) < 4.78 is 27.6. The summed E-state index contributed by atoms with van der Waals surface area (Å²) in [6, 6.07) is 17.5. The molecular weight excluding hydrogens is 358 g/mol. The van der Waals surface area contributed by atoms with Gasteiger partial charge in [-0.15, -0.1) is 0 Å². The predicted molar refractivity (Wildman–Crippen MR) is 104 cm³/mol. The molecule has 0 radical (unpaired) electrons. The van der Waals surface area contributed by atoms with Crippen LogP contribution in [0.25, 0.3) is 22.0 Å². The molecule has 0 aliphatic rings. The second-order valence-corrected chi connectivity index (χ2v) is 6.32. The molecule has 0 fully saturated rings. The summed E-state index contributed by atoms with van der Waals surface area (Å²) in [7, 11) is 0. The Hall–Kier alpha value is -3.85. The van der Waals surface area contributed by atoms with Crippen molar-refractivity contribution in [2.45, 2.75) is 6.92 Å². The molecule has 6 heteroatoms. The fourth-order valence-electron chi connectivity index (χ4n) is 3.00. The van der Waals surface area contributed by atoms with Crippen molar-refractivity contribution in [2.24, 2.45) is 0 Å². The third-order valence-corrected chi connectivity index (χ3v) is 4.38. The van der Waals surface area contributed by atoms with Gasteiger partial charge in [0.2, 0.25) is 0 Å². The lowest BCUT2D eigenvalue weighted by atomic mass is 10.1. The van der Waals surface area contributed by atoms with Gasteiger partial charge in [-0.3, -0.25) is 0 Å². The van der Waals surface area contributed by atoms with Gasteiger partial charge in [0.15, 0.2) is 11.6 Å². The van der Waals surface area contributed by atoms with Crippen LogP contribution in [0, 0.1) is 29.9 Å². The lowest BCUT2D eigenvalue weighted by Crippen LogP contribution is -1.97. The largest absolute Gasteiger partial charge is 0.355 e. The van der Waals surface area contributed by atoms with E-state index in [1.54, 1.807) is 25.3 Å². The first-order chi connectivity index (χ1) is 13.5. The average molecular weight is 372 g/mol. The third-order valence-electron chi connectivity index (χ3n) is 4.38. The molecule has 0 saturated heterocycles. The quantitative estimate of drug-likeness (QED) is 0.516. The van der Waals surface area contributed by atoms with E-state index >= 15 is 0 Å². The molecule has 2 heterocycles. The standard InChI is InChI=1S/C22H14F2N4/c1-13-10-20(18-8-9-19(23)21(24)22(18)27-13)28-16-5-2-14(3-6-16)15-4-7-17(11-25)26-12-15/h2-10,12H,1H3,(H,27,28). The van der Waals surface area contributed by atoms with Crippen molar-refractivity contribution in [3.8, 4) is 17.2 Å². The topological polar surface area (TPSA) is 61.6 Å². The highest BCUT2D eigenvalue weighted by Gasteiger charge is 2.12. The first kappa shape index (κ1) is 17.6. The van der Waals surface area contributed by atoms with Crippen LogP contribution in [0.15, 0.2) is 60.8 Å². The van der Waals surface area contributed by atoms with Gasteiger partial charge >= 0.3 is 0 Å². The van der Waals surface area contributed by atoms with Gasteiger partial charge in [0.05, 0.1) is 0 Å². The number of aromatic nitrogens is 2. The monoisotopic (exact) mass is 372 g/mol. The number of nitriles is 1. The Labute approximate surface area is 160 Å². The van der Waals surface area contributed by atoms with Crippen LogP contribution in [0.1, 0.15) is 11.4 Å². The minimum atomic E-state index is -0.951. The van der Waals surface area contributed by atoms with Crippen molar-refractivity contribution in [1.29, 1.82) is 5.26 Å². The van der Waals surface area contributed by atoms with Crippen LogP contribution in [-0.4, -0.2) is 9.97 Å². The highest BCUT2D eigenvalue weighted by molar-refractivity contribution is 5.93. The number of nitrogens with zero attached hydrogens (tertiary/aromatic N) is 3. The maximum absolute atomic E-state index is 14.1. The molecule has 2 aromatic carbocycles. The molecule has 136 valence electrons. The van der Waals surface area contributed by atoms with Gasteiger partial charge in [0.1, 0.15) is 17.3 Å². The highest BCUT2D eigenvalue weighted by atomic mass is 19.2. The number of pyridine rings is 2. The molecule has 0 atom stereocenters. The predicted octanol–water partition coefficient (Wildman–Crippen LogP) is 5.50. The number of aryl methyl sites for hydroxylation is 1. The average Bonchev–Trinajstić information content (AvgIpc) is 2.72. The zero-order valence-electron chi connectivity index (χ0n) is 14.9. The Morgan fingerprint density at radius 2 is 1.71 bits per heavy atom. The van der Waals surface area contributed by atoms with Crippen LogP contribution in [0.4, 0.5) is 20.2 Å². The summed E-state index contributed by atoms with van der Waals surface area (Å²) >= 11 is 0. The first-order valence-corrected chi connectivity index (χ1v) is 8.54. The molecule has 28 heavy (non-hydrogen) atoms. The number of halogens is 2. The number of anilines is 2. The van der Waals surface area contributed by atoms with Crippen LogP contribution in [0.3, 0.4) is 0 Å². The summed E-state index contributed by atoms with van der Waals surface area (Å²) in [5.74, 6) is -1.87.